The number of hydrogen-bond acceptors (Lipinski definition) is 8. The van der Waals surface area contributed by atoms with Crippen molar-refractivity contribution in [1.82, 2.24) is 5.32 Å². The number of unbranched alkanes of at least 4 members (excludes halogenated alkanes) is 50. The normalized spacial score (nSPS) is 18.6. The number of aliphatic hydroxyl groups is 5. The van der Waals surface area contributed by atoms with Crippen molar-refractivity contribution < 1.29 is 39.8 Å². The molecule has 9 heteroatoms. The zero-order valence-electron chi connectivity index (χ0n) is 52.4. The molecule has 0 aromatic rings. The molecule has 7 atom stereocenters. The minimum atomic E-state index is -1.56. The molecule has 79 heavy (non-hydrogen) atoms. The van der Waals surface area contributed by atoms with E-state index in [9.17, 15) is 30.3 Å². The van der Waals surface area contributed by atoms with Gasteiger partial charge in [0.1, 0.15) is 24.4 Å². The van der Waals surface area contributed by atoms with E-state index >= 15 is 0 Å². The Bertz CT molecular complexity index is 1300. The fourth-order valence-electron chi connectivity index (χ4n) is 11.5. The third-order valence-corrected chi connectivity index (χ3v) is 17.0. The van der Waals surface area contributed by atoms with Crippen molar-refractivity contribution in [3.63, 3.8) is 0 Å². The van der Waals surface area contributed by atoms with Crippen LogP contribution in [0.1, 0.15) is 361 Å². The molecule has 1 aliphatic heterocycles. The molecule has 0 saturated carbocycles. The topological polar surface area (TPSA) is 149 Å². The quantitative estimate of drug-likeness (QED) is 0.0261. The van der Waals surface area contributed by atoms with Gasteiger partial charge in [0, 0.05) is 6.42 Å². The number of amides is 1. The Kier molecular flexibility index (Phi) is 57.3. The lowest BCUT2D eigenvalue weighted by molar-refractivity contribution is -0.302. The van der Waals surface area contributed by atoms with Gasteiger partial charge in [-0.1, -0.05) is 334 Å². The highest BCUT2D eigenvalue weighted by Crippen LogP contribution is 2.23. The molecule has 0 radical (unpaired) electrons. The van der Waals surface area contributed by atoms with Gasteiger partial charge < -0.3 is 40.3 Å². The van der Waals surface area contributed by atoms with Crippen molar-refractivity contribution in [1.29, 1.82) is 0 Å². The molecule has 1 saturated heterocycles. The minimum Gasteiger partial charge on any atom is -0.394 e. The maximum atomic E-state index is 13.1. The summed E-state index contributed by atoms with van der Waals surface area (Å²) in [5, 5.41) is 54.6. The summed E-state index contributed by atoms with van der Waals surface area (Å²) in [7, 11) is 0. The number of ether oxygens (including phenoxy) is 2. The molecular weight excluding hydrogens is 983 g/mol. The first-order valence-electron chi connectivity index (χ1n) is 35.1. The molecule has 7 unspecified atom stereocenters. The Morgan fingerprint density at radius 3 is 1.03 bits per heavy atom. The summed E-state index contributed by atoms with van der Waals surface area (Å²) < 4.78 is 11.3. The molecule has 0 bridgehead atoms. The van der Waals surface area contributed by atoms with Gasteiger partial charge >= 0.3 is 0 Å². The van der Waals surface area contributed by atoms with Crippen molar-refractivity contribution in [2.75, 3.05) is 13.2 Å². The van der Waals surface area contributed by atoms with E-state index in [4.69, 9.17) is 9.47 Å². The van der Waals surface area contributed by atoms with Gasteiger partial charge in [0.2, 0.25) is 5.91 Å². The van der Waals surface area contributed by atoms with E-state index in [1.807, 2.05) is 6.08 Å². The Labute approximate surface area is 489 Å². The van der Waals surface area contributed by atoms with Crippen LogP contribution >= 0.6 is 0 Å². The molecular formula is C70H135NO8. The fourth-order valence-corrected chi connectivity index (χ4v) is 11.5. The summed E-state index contributed by atoms with van der Waals surface area (Å²) in [6.45, 7) is 3.82. The van der Waals surface area contributed by atoms with Gasteiger partial charge in [-0.25, -0.2) is 0 Å². The molecule has 1 rings (SSSR count). The molecule has 0 aromatic heterocycles. The van der Waals surface area contributed by atoms with Crippen LogP contribution in [-0.2, 0) is 14.3 Å². The van der Waals surface area contributed by atoms with Gasteiger partial charge in [-0.05, 0) is 44.9 Å². The van der Waals surface area contributed by atoms with E-state index in [-0.39, 0.29) is 12.5 Å². The molecule has 0 aliphatic carbocycles. The number of rotatable bonds is 62. The summed E-state index contributed by atoms with van der Waals surface area (Å²) in [4.78, 5) is 13.1. The molecule has 0 spiro atoms. The average Bonchev–Trinajstić information content (AvgIpc) is 3.48. The summed E-state index contributed by atoms with van der Waals surface area (Å²) in [5.41, 5.74) is 0. The van der Waals surface area contributed by atoms with Crippen molar-refractivity contribution >= 4 is 5.91 Å². The second-order valence-corrected chi connectivity index (χ2v) is 24.7. The average molecular weight is 1120 g/mol. The van der Waals surface area contributed by atoms with Gasteiger partial charge in [0.15, 0.2) is 6.29 Å². The maximum absolute atomic E-state index is 13.1. The summed E-state index contributed by atoms with van der Waals surface area (Å²) >= 11 is 0. The van der Waals surface area contributed by atoms with Crippen LogP contribution in [0.5, 0.6) is 0 Å². The monoisotopic (exact) mass is 1120 g/mol. The molecule has 9 nitrogen and oxygen atoms in total. The van der Waals surface area contributed by atoms with E-state index in [1.165, 1.54) is 302 Å². The van der Waals surface area contributed by atoms with E-state index in [1.54, 1.807) is 6.08 Å². The molecule has 1 amide bonds. The van der Waals surface area contributed by atoms with Gasteiger partial charge in [-0.2, -0.15) is 0 Å². The molecule has 1 aliphatic rings. The summed E-state index contributed by atoms with van der Waals surface area (Å²) in [6, 6.07) is -0.802. The van der Waals surface area contributed by atoms with Crippen molar-refractivity contribution in [3.05, 3.63) is 24.3 Å². The Morgan fingerprint density at radius 1 is 0.418 bits per heavy atom. The van der Waals surface area contributed by atoms with Crippen LogP contribution in [0.4, 0.5) is 0 Å². The second kappa shape index (κ2) is 59.8. The lowest BCUT2D eigenvalue weighted by Gasteiger charge is -2.40. The number of aliphatic hydroxyl groups excluding tert-OH is 5. The Hall–Kier alpha value is -1.33. The molecule has 468 valence electrons. The van der Waals surface area contributed by atoms with Crippen LogP contribution in [0.3, 0.4) is 0 Å². The number of hydrogen-bond donors (Lipinski definition) is 6. The smallest absolute Gasteiger partial charge is 0.220 e. The number of carbonyl (C=O) groups is 1. The van der Waals surface area contributed by atoms with Gasteiger partial charge in [0.05, 0.1) is 25.4 Å². The Morgan fingerprint density at radius 2 is 0.709 bits per heavy atom. The number of nitrogens with one attached hydrogen (secondary N) is 1. The minimum absolute atomic E-state index is 0.169. The molecule has 0 aromatic carbocycles. The maximum Gasteiger partial charge on any atom is 0.220 e. The SMILES string of the molecule is CCCCCCCCCC/C=C\CCCCCCCCCCCCCCCCCCCCCCCCCCCCCC(=O)NC(COC1OC(CO)C(O)C(O)C1O)C(O)/C=C/CCCCCCCCCCCCCCCCC. The molecule has 6 N–H and O–H groups in total. The van der Waals surface area contributed by atoms with Gasteiger partial charge in [-0.15, -0.1) is 0 Å². The second-order valence-electron chi connectivity index (χ2n) is 24.7. The summed E-state index contributed by atoms with van der Waals surface area (Å²) in [5.74, 6) is -0.169. The molecule has 1 heterocycles. The van der Waals surface area contributed by atoms with Crippen LogP contribution in [0.2, 0.25) is 0 Å². The number of allylic oxidation sites excluding steroid dienone is 3. The highest BCUT2D eigenvalue weighted by Gasteiger charge is 2.44. The highest BCUT2D eigenvalue weighted by molar-refractivity contribution is 5.76. The lowest BCUT2D eigenvalue weighted by Crippen LogP contribution is -2.60. The predicted molar refractivity (Wildman–Crippen MR) is 337 cm³/mol. The highest BCUT2D eigenvalue weighted by atomic mass is 16.7. The van der Waals surface area contributed by atoms with Gasteiger partial charge in [0.25, 0.3) is 0 Å². The van der Waals surface area contributed by atoms with E-state index < -0.39 is 49.5 Å². The first-order valence-corrected chi connectivity index (χ1v) is 35.1. The zero-order valence-corrected chi connectivity index (χ0v) is 52.4. The Balaban J connectivity index is 2.03. The predicted octanol–water partition coefficient (Wildman–Crippen LogP) is 18.9. The standard InChI is InChI=1S/C70H135NO8/c1-3-5-7-9-11-13-15-17-19-21-22-23-24-25-26-27-28-29-30-31-32-33-34-35-36-37-38-39-40-41-42-44-46-48-50-52-54-56-58-60-66(74)71-63(62-78-70-69(77)68(76)67(75)65(61-72)79-70)64(73)59-57-55-53-51-49-47-45-43-20-18-16-14-12-10-8-6-4-2/h21-22,57,59,63-65,67-70,72-73,75-77H,3-20,23-56,58,60-62H2,1-2H3,(H,71,74)/b22-21-,59-57+. The third-order valence-electron chi connectivity index (χ3n) is 17.0. The van der Waals surface area contributed by atoms with E-state index in [0.717, 1.165) is 38.5 Å². The van der Waals surface area contributed by atoms with Crippen LogP contribution < -0.4 is 5.32 Å². The fraction of sp³-hybridized carbons (Fsp3) is 0.929. The first kappa shape index (κ1) is 75.7. The molecule has 1 fully saturated rings. The van der Waals surface area contributed by atoms with E-state index in [0.29, 0.717) is 6.42 Å². The van der Waals surface area contributed by atoms with E-state index in [2.05, 4.69) is 31.3 Å². The van der Waals surface area contributed by atoms with Crippen molar-refractivity contribution in [2.45, 2.75) is 403 Å². The van der Waals surface area contributed by atoms with Crippen LogP contribution in [0.25, 0.3) is 0 Å². The van der Waals surface area contributed by atoms with Crippen LogP contribution in [0.15, 0.2) is 24.3 Å². The third kappa shape index (κ3) is 48.7. The van der Waals surface area contributed by atoms with Crippen LogP contribution in [-0.4, -0.2) is 87.5 Å². The van der Waals surface area contributed by atoms with Crippen molar-refractivity contribution in [2.24, 2.45) is 0 Å². The summed E-state index contributed by atoms with van der Waals surface area (Å²) in [6.07, 6.45) is 71.6. The lowest BCUT2D eigenvalue weighted by atomic mass is 9.99. The zero-order chi connectivity index (χ0) is 57.2. The number of carbonyl (C=O) groups excluding carboxylic acids is 1. The van der Waals surface area contributed by atoms with Gasteiger partial charge in [-0.3, -0.25) is 4.79 Å². The van der Waals surface area contributed by atoms with Crippen molar-refractivity contribution in [3.8, 4) is 0 Å². The largest absolute Gasteiger partial charge is 0.394 e. The first-order chi connectivity index (χ1) is 38.8. The van der Waals surface area contributed by atoms with Crippen LogP contribution in [0, 0.1) is 0 Å².